The van der Waals surface area contributed by atoms with Crippen molar-refractivity contribution < 1.29 is 27.5 Å². The smallest absolute Gasteiger partial charge is 0.244 e. The first-order valence-electron chi connectivity index (χ1n) is 13.0. The zero-order valence-electron chi connectivity index (χ0n) is 22.7. The zero-order valence-corrected chi connectivity index (χ0v) is 25.0. The van der Waals surface area contributed by atoms with Crippen LogP contribution in [-0.2, 0) is 32.6 Å². The van der Waals surface area contributed by atoms with Gasteiger partial charge >= 0.3 is 0 Å². The highest BCUT2D eigenvalue weighted by Gasteiger charge is 2.34. The molecule has 0 bridgehead atoms. The van der Waals surface area contributed by atoms with Crippen LogP contribution < -0.4 is 19.1 Å². The number of likely N-dealkylation sites (N-methyl/N-ethyl adjacent to an activating group) is 1. The summed E-state index contributed by atoms with van der Waals surface area (Å²) in [6.45, 7) is 1.50. The predicted octanol–water partition coefficient (Wildman–Crippen LogP) is 4.31. The lowest BCUT2D eigenvalue weighted by Gasteiger charge is -2.34. The van der Waals surface area contributed by atoms with E-state index in [0.29, 0.717) is 40.3 Å². The van der Waals surface area contributed by atoms with E-state index in [-0.39, 0.29) is 24.4 Å². The van der Waals surface area contributed by atoms with Gasteiger partial charge in [-0.3, -0.25) is 13.9 Å². The van der Waals surface area contributed by atoms with E-state index in [2.05, 4.69) is 5.32 Å². The molecule has 0 saturated heterocycles. The second-order valence-electron chi connectivity index (χ2n) is 9.28. The molecule has 41 heavy (non-hydrogen) atoms. The normalized spacial score (nSPS) is 13.3. The van der Waals surface area contributed by atoms with Gasteiger partial charge in [-0.05, 0) is 36.8 Å². The van der Waals surface area contributed by atoms with Gasteiger partial charge in [-0.25, -0.2) is 8.42 Å². The quantitative estimate of drug-likeness (QED) is 0.343. The Balaban J connectivity index is 1.76. The minimum atomic E-state index is -3.93. The summed E-state index contributed by atoms with van der Waals surface area (Å²) in [6, 6.07) is 17.9. The number of amides is 2. The van der Waals surface area contributed by atoms with Crippen molar-refractivity contribution in [2.75, 3.05) is 36.9 Å². The van der Waals surface area contributed by atoms with E-state index in [0.717, 1.165) is 9.87 Å². The van der Waals surface area contributed by atoms with Gasteiger partial charge in [0.15, 0.2) is 11.5 Å². The average molecular weight is 621 g/mol. The van der Waals surface area contributed by atoms with Crippen LogP contribution in [0.4, 0.5) is 5.69 Å². The van der Waals surface area contributed by atoms with Gasteiger partial charge in [0, 0.05) is 41.7 Å². The van der Waals surface area contributed by atoms with Gasteiger partial charge in [-0.2, -0.15) is 0 Å². The molecule has 0 spiro atoms. The Morgan fingerprint density at radius 2 is 1.61 bits per heavy atom. The number of sulfonamides is 1. The van der Waals surface area contributed by atoms with Crippen LogP contribution in [0.25, 0.3) is 0 Å². The van der Waals surface area contributed by atoms with Crippen molar-refractivity contribution >= 4 is 50.7 Å². The minimum absolute atomic E-state index is 0.122. The van der Waals surface area contributed by atoms with Gasteiger partial charge in [0.25, 0.3) is 0 Å². The topological polar surface area (TPSA) is 105 Å². The van der Waals surface area contributed by atoms with Crippen LogP contribution in [0, 0.1) is 0 Å². The maximum atomic E-state index is 14.2. The monoisotopic (exact) mass is 619 g/mol. The van der Waals surface area contributed by atoms with E-state index in [1.165, 1.54) is 24.9 Å². The van der Waals surface area contributed by atoms with Crippen LogP contribution in [-0.4, -0.2) is 63.7 Å². The molecule has 0 unspecified atom stereocenters. The van der Waals surface area contributed by atoms with E-state index < -0.39 is 34.4 Å². The first-order chi connectivity index (χ1) is 19.6. The number of nitrogens with one attached hydrogen (secondary N) is 1. The lowest BCUT2D eigenvalue weighted by Crippen LogP contribution is -2.53. The fourth-order valence-corrected chi connectivity index (χ4v) is 6.05. The van der Waals surface area contributed by atoms with E-state index in [4.69, 9.17) is 32.7 Å². The van der Waals surface area contributed by atoms with Crippen LogP contribution in [0.3, 0.4) is 0 Å². The first kappa shape index (κ1) is 30.5. The van der Waals surface area contributed by atoms with Crippen LogP contribution in [0.15, 0.2) is 66.7 Å². The molecule has 4 rings (SSSR count). The number of hydrogen-bond acceptors (Lipinski definition) is 6. The van der Waals surface area contributed by atoms with Gasteiger partial charge in [0.2, 0.25) is 21.8 Å². The van der Waals surface area contributed by atoms with Crippen molar-refractivity contribution in [1.29, 1.82) is 0 Å². The molecule has 2 amide bonds. The molecule has 1 atom stereocenters. The highest BCUT2D eigenvalue weighted by atomic mass is 35.5. The third kappa shape index (κ3) is 7.25. The van der Waals surface area contributed by atoms with Crippen molar-refractivity contribution in [2.45, 2.75) is 25.9 Å². The molecule has 0 saturated carbocycles. The highest BCUT2D eigenvalue weighted by molar-refractivity contribution is 7.92. The van der Waals surface area contributed by atoms with Crippen LogP contribution in [0.5, 0.6) is 11.5 Å². The Morgan fingerprint density at radius 1 is 0.951 bits per heavy atom. The molecular formula is C29H31Cl2N3O6S. The Kier molecular flexibility index (Phi) is 10.0. The number of fused-ring (bicyclic) bond motifs is 1. The molecule has 1 N–H and O–H groups in total. The molecule has 218 valence electrons. The summed E-state index contributed by atoms with van der Waals surface area (Å²) in [5.74, 6) is -0.428. The summed E-state index contributed by atoms with van der Waals surface area (Å²) >= 11 is 12.9. The molecular weight excluding hydrogens is 589 g/mol. The number of halogens is 2. The fourth-order valence-electron chi connectivity index (χ4n) is 4.48. The summed E-state index contributed by atoms with van der Waals surface area (Å²) < 4.78 is 38.8. The standard InChI is InChI=1S/C29H31Cl2N3O6S/c1-3-41(37,38)34(21-12-13-26-27(17-21)40-15-14-39-26)19-28(35)33(18-22-23(30)10-7-11-24(22)31)25(29(36)32-2)16-20-8-5-4-6-9-20/h4-13,17,25H,3,14-16,18-19H2,1-2H3,(H,32,36)/t25-/m1/s1. The van der Waals surface area contributed by atoms with Crippen molar-refractivity contribution in [2.24, 2.45) is 0 Å². The molecule has 0 aliphatic carbocycles. The summed E-state index contributed by atoms with van der Waals surface area (Å²) in [4.78, 5) is 28.7. The molecule has 1 aliphatic rings. The number of rotatable bonds is 11. The van der Waals surface area contributed by atoms with E-state index >= 15 is 0 Å². The number of nitrogens with zero attached hydrogens (tertiary/aromatic N) is 2. The van der Waals surface area contributed by atoms with E-state index in [1.807, 2.05) is 30.3 Å². The Labute approximate surface area is 250 Å². The van der Waals surface area contributed by atoms with Crippen molar-refractivity contribution in [3.05, 3.63) is 87.9 Å². The zero-order chi connectivity index (χ0) is 29.6. The summed E-state index contributed by atoms with van der Waals surface area (Å²) in [7, 11) is -2.45. The van der Waals surface area contributed by atoms with Crippen molar-refractivity contribution in [3.8, 4) is 11.5 Å². The molecule has 0 fully saturated rings. The summed E-state index contributed by atoms with van der Waals surface area (Å²) in [5, 5.41) is 3.27. The van der Waals surface area contributed by atoms with Gasteiger partial charge in [-0.15, -0.1) is 0 Å². The van der Waals surface area contributed by atoms with E-state index in [9.17, 15) is 18.0 Å². The summed E-state index contributed by atoms with van der Waals surface area (Å²) in [5.41, 5.74) is 1.49. The lowest BCUT2D eigenvalue weighted by atomic mass is 10.0. The molecule has 9 nitrogen and oxygen atoms in total. The molecule has 12 heteroatoms. The molecule has 0 radical (unpaired) electrons. The van der Waals surface area contributed by atoms with Gasteiger partial charge in [-0.1, -0.05) is 59.6 Å². The van der Waals surface area contributed by atoms with Crippen LogP contribution >= 0.6 is 23.2 Å². The predicted molar refractivity (Wildman–Crippen MR) is 159 cm³/mol. The third-order valence-electron chi connectivity index (χ3n) is 6.70. The Bertz CT molecular complexity index is 1480. The molecule has 3 aromatic rings. The maximum Gasteiger partial charge on any atom is 0.244 e. The third-order valence-corrected chi connectivity index (χ3v) is 9.15. The molecule has 1 heterocycles. The van der Waals surface area contributed by atoms with Gasteiger partial charge < -0.3 is 19.7 Å². The number of hydrogen-bond donors (Lipinski definition) is 1. The van der Waals surface area contributed by atoms with Crippen LogP contribution in [0.1, 0.15) is 18.1 Å². The molecule has 3 aromatic carbocycles. The molecule has 1 aliphatic heterocycles. The SMILES string of the molecule is CCS(=O)(=O)N(CC(=O)N(Cc1c(Cl)cccc1Cl)[C@H](Cc1ccccc1)C(=O)NC)c1ccc2c(c1)OCCO2. The lowest BCUT2D eigenvalue weighted by molar-refractivity contribution is -0.139. The number of anilines is 1. The number of benzene rings is 3. The fraction of sp³-hybridized carbons (Fsp3) is 0.310. The van der Waals surface area contributed by atoms with E-state index in [1.54, 1.807) is 30.3 Å². The number of ether oxygens (including phenoxy) is 2. The summed E-state index contributed by atoms with van der Waals surface area (Å²) in [6.07, 6.45) is 0.179. The van der Waals surface area contributed by atoms with Crippen molar-refractivity contribution in [3.63, 3.8) is 0 Å². The Morgan fingerprint density at radius 3 is 2.24 bits per heavy atom. The number of carbonyl (C=O) groups excluding carboxylic acids is 2. The average Bonchev–Trinajstić information content (AvgIpc) is 2.98. The highest BCUT2D eigenvalue weighted by Crippen LogP contribution is 2.35. The second kappa shape index (κ2) is 13.5. The maximum absolute atomic E-state index is 14.2. The minimum Gasteiger partial charge on any atom is -0.486 e. The molecule has 0 aromatic heterocycles. The first-order valence-corrected chi connectivity index (χ1v) is 15.4. The Hall–Kier alpha value is -3.47. The van der Waals surface area contributed by atoms with Gasteiger partial charge in [0.1, 0.15) is 25.8 Å². The number of carbonyl (C=O) groups is 2. The van der Waals surface area contributed by atoms with Gasteiger partial charge in [0.05, 0.1) is 11.4 Å². The second-order valence-corrected chi connectivity index (χ2v) is 12.3. The van der Waals surface area contributed by atoms with Crippen molar-refractivity contribution in [1.82, 2.24) is 10.2 Å². The largest absolute Gasteiger partial charge is 0.486 e. The van der Waals surface area contributed by atoms with Crippen LogP contribution in [0.2, 0.25) is 10.0 Å².